The van der Waals surface area contributed by atoms with Crippen molar-refractivity contribution in [3.05, 3.63) is 35.7 Å². The monoisotopic (exact) mass is 301 g/mol. The normalized spacial score (nSPS) is 18.5. The minimum absolute atomic E-state index is 0.123. The molecule has 0 spiro atoms. The van der Waals surface area contributed by atoms with Crippen molar-refractivity contribution in [1.29, 1.82) is 0 Å². The molecule has 0 unspecified atom stereocenters. The van der Waals surface area contributed by atoms with Crippen molar-refractivity contribution in [2.24, 2.45) is 7.05 Å². The van der Waals surface area contributed by atoms with E-state index in [2.05, 4.69) is 48.1 Å². The Morgan fingerprint density at radius 2 is 2.14 bits per heavy atom. The third kappa shape index (κ3) is 3.24. The molecule has 0 fully saturated rings. The molecule has 1 atom stereocenters. The van der Waals surface area contributed by atoms with Crippen molar-refractivity contribution in [1.82, 2.24) is 24.6 Å². The minimum atomic E-state index is 0.123. The van der Waals surface area contributed by atoms with Gasteiger partial charge in [-0.2, -0.15) is 5.10 Å². The van der Waals surface area contributed by atoms with Crippen molar-refractivity contribution < 1.29 is 0 Å². The Morgan fingerprint density at radius 1 is 1.32 bits per heavy atom. The number of fused-ring (bicyclic) bond motifs is 1. The molecule has 5 heteroatoms. The van der Waals surface area contributed by atoms with Gasteiger partial charge in [0, 0.05) is 56.0 Å². The van der Waals surface area contributed by atoms with E-state index in [1.165, 1.54) is 29.9 Å². The standard InChI is InChI=1S/C17H27N5/c1-17(2,3)15-12-22-7-5-6-14(16(22)20-15)10-18-8-13-9-19-21(4)11-13/h9,11-12,14,18H,5-8,10H2,1-4H3/t14-/m1/s1. The van der Waals surface area contributed by atoms with E-state index in [1.807, 2.05) is 17.9 Å². The Bertz CT molecular complexity index is 632. The summed E-state index contributed by atoms with van der Waals surface area (Å²) in [6, 6.07) is 0. The molecule has 2 aromatic heterocycles. The second-order valence-corrected chi connectivity index (χ2v) is 7.42. The molecule has 0 aromatic carbocycles. The van der Waals surface area contributed by atoms with Crippen molar-refractivity contribution in [3.8, 4) is 0 Å². The summed E-state index contributed by atoms with van der Waals surface area (Å²) in [5.74, 6) is 1.77. The lowest BCUT2D eigenvalue weighted by atomic mass is 9.93. The highest BCUT2D eigenvalue weighted by molar-refractivity contribution is 5.17. The average molecular weight is 301 g/mol. The van der Waals surface area contributed by atoms with E-state index in [0.29, 0.717) is 5.92 Å². The van der Waals surface area contributed by atoms with Crippen LogP contribution in [0.1, 0.15) is 56.6 Å². The summed E-state index contributed by atoms with van der Waals surface area (Å²) >= 11 is 0. The maximum absolute atomic E-state index is 4.94. The summed E-state index contributed by atoms with van der Waals surface area (Å²) in [6.07, 6.45) is 8.70. The predicted molar refractivity (Wildman–Crippen MR) is 87.8 cm³/mol. The van der Waals surface area contributed by atoms with Gasteiger partial charge in [-0.05, 0) is 12.8 Å². The lowest BCUT2D eigenvalue weighted by Crippen LogP contribution is -2.26. The van der Waals surface area contributed by atoms with Crippen LogP contribution in [-0.2, 0) is 25.6 Å². The first-order valence-corrected chi connectivity index (χ1v) is 8.19. The Labute approximate surface area is 132 Å². The molecule has 5 nitrogen and oxygen atoms in total. The third-order valence-corrected chi connectivity index (χ3v) is 4.37. The molecule has 1 aliphatic heterocycles. The van der Waals surface area contributed by atoms with Crippen LogP contribution in [-0.4, -0.2) is 25.9 Å². The second-order valence-electron chi connectivity index (χ2n) is 7.42. The fraction of sp³-hybridized carbons (Fsp3) is 0.647. The summed E-state index contributed by atoms with van der Waals surface area (Å²) < 4.78 is 4.21. The minimum Gasteiger partial charge on any atom is -0.334 e. The first-order valence-electron chi connectivity index (χ1n) is 8.19. The fourth-order valence-corrected chi connectivity index (χ4v) is 3.08. The van der Waals surface area contributed by atoms with Gasteiger partial charge in [-0.25, -0.2) is 4.98 Å². The molecule has 0 saturated heterocycles. The molecular weight excluding hydrogens is 274 g/mol. The summed E-state index contributed by atoms with van der Waals surface area (Å²) in [7, 11) is 1.95. The maximum atomic E-state index is 4.94. The van der Waals surface area contributed by atoms with Crippen molar-refractivity contribution in [2.75, 3.05) is 6.54 Å². The zero-order chi connectivity index (χ0) is 15.7. The van der Waals surface area contributed by atoms with Gasteiger partial charge in [-0.15, -0.1) is 0 Å². The van der Waals surface area contributed by atoms with E-state index < -0.39 is 0 Å². The number of imidazole rings is 1. The highest BCUT2D eigenvalue weighted by atomic mass is 15.2. The van der Waals surface area contributed by atoms with E-state index in [9.17, 15) is 0 Å². The Balaban J connectivity index is 1.65. The highest BCUT2D eigenvalue weighted by Gasteiger charge is 2.26. The number of aromatic nitrogens is 4. The summed E-state index contributed by atoms with van der Waals surface area (Å²) in [5, 5.41) is 7.78. The van der Waals surface area contributed by atoms with Crippen LogP contribution in [0.2, 0.25) is 0 Å². The van der Waals surface area contributed by atoms with E-state index >= 15 is 0 Å². The lowest BCUT2D eigenvalue weighted by Gasteiger charge is -2.23. The highest BCUT2D eigenvalue weighted by Crippen LogP contribution is 2.30. The molecule has 0 aliphatic carbocycles. The Hall–Kier alpha value is -1.62. The largest absolute Gasteiger partial charge is 0.334 e. The lowest BCUT2D eigenvalue weighted by molar-refractivity contribution is 0.422. The quantitative estimate of drug-likeness (QED) is 0.944. The van der Waals surface area contributed by atoms with Crippen molar-refractivity contribution >= 4 is 0 Å². The smallest absolute Gasteiger partial charge is 0.113 e. The van der Waals surface area contributed by atoms with Gasteiger partial charge < -0.3 is 9.88 Å². The molecule has 0 bridgehead atoms. The molecule has 0 saturated carbocycles. The molecular formula is C17H27N5. The van der Waals surface area contributed by atoms with Crippen LogP contribution >= 0.6 is 0 Å². The molecule has 22 heavy (non-hydrogen) atoms. The van der Waals surface area contributed by atoms with E-state index in [1.54, 1.807) is 0 Å². The molecule has 0 amide bonds. The van der Waals surface area contributed by atoms with Crippen LogP contribution in [0.25, 0.3) is 0 Å². The number of hydrogen-bond acceptors (Lipinski definition) is 3. The number of rotatable bonds is 4. The van der Waals surface area contributed by atoms with Crippen molar-refractivity contribution in [2.45, 2.75) is 58.0 Å². The Morgan fingerprint density at radius 3 is 2.82 bits per heavy atom. The molecule has 0 radical (unpaired) electrons. The first-order chi connectivity index (χ1) is 10.4. The molecule has 3 rings (SSSR count). The van der Waals surface area contributed by atoms with E-state index in [-0.39, 0.29) is 5.41 Å². The SMILES string of the molecule is Cn1cc(CNC[C@H]2CCCn3cc(C(C)(C)C)nc32)cn1. The molecule has 1 N–H and O–H groups in total. The van der Waals surface area contributed by atoms with Gasteiger partial charge >= 0.3 is 0 Å². The van der Waals surface area contributed by atoms with E-state index in [0.717, 1.165) is 19.6 Å². The van der Waals surface area contributed by atoms with Crippen molar-refractivity contribution in [3.63, 3.8) is 0 Å². The topological polar surface area (TPSA) is 47.7 Å². The van der Waals surface area contributed by atoms with E-state index in [4.69, 9.17) is 4.98 Å². The first kappa shape index (κ1) is 15.3. The second kappa shape index (κ2) is 5.88. The third-order valence-electron chi connectivity index (χ3n) is 4.37. The van der Waals surface area contributed by atoms with Crippen LogP contribution < -0.4 is 5.32 Å². The molecule has 120 valence electrons. The average Bonchev–Trinajstić information content (AvgIpc) is 3.05. The number of hydrogen-bond donors (Lipinski definition) is 1. The van der Waals surface area contributed by atoms with Crippen LogP contribution in [0.5, 0.6) is 0 Å². The van der Waals surface area contributed by atoms with Crippen LogP contribution in [0.3, 0.4) is 0 Å². The zero-order valence-electron chi connectivity index (χ0n) is 14.1. The summed E-state index contributed by atoms with van der Waals surface area (Å²) in [4.78, 5) is 4.94. The van der Waals surface area contributed by atoms with Crippen LogP contribution in [0, 0.1) is 0 Å². The van der Waals surface area contributed by atoms with Gasteiger partial charge in [-0.3, -0.25) is 4.68 Å². The predicted octanol–water partition coefficient (Wildman–Crippen LogP) is 2.58. The van der Waals surface area contributed by atoms with Gasteiger partial charge in [0.2, 0.25) is 0 Å². The Kier molecular flexibility index (Phi) is 4.08. The number of nitrogens with one attached hydrogen (secondary N) is 1. The van der Waals surface area contributed by atoms with Gasteiger partial charge in [0.05, 0.1) is 11.9 Å². The maximum Gasteiger partial charge on any atom is 0.113 e. The number of nitrogens with zero attached hydrogens (tertiary/aromatic N) is 4. The molecule has 2 aromatic rings. The van der Waals surface area contributed by atoms with Gasteiger partial charge in [0.1, 0.15) is 5.82 Å². The zero-order valence-corrected chi connectivity index (χ0v) is 14.1. The summed E-state index contributed by atoms with van der Waals surface area (Å²) in [6.45, 7) is 9.66. The van der Waals surface area contributed by atoms with Gasteiger partial charge in [0.25, 0.3) is 0 Å². The van der Waals surface area contributed by atoms with Crippen LogP contribution in [0.15, 0.2) is 18.6 Å². The molecule has 3 heterocycles. The van der Waals surface area contributed by atoms with Gasteiger partial charge in [0.15, 0.2) is 0 Å². The van der Waals surface area contributed by atoms with Crippen LogP contribution in [0.4, 0.5) is 0 Å². The summed E-state index contributed by atoms with van der Waals surface area (Å²) in [5.41, 5.74) is 2.57. The number of aryl methyl sites for hydroxylation is 2. The fourth-order valence-electron chi connectivity index (χ4n) is 3.08. The molecule has 1 aliphatic rings. The van der Waals surface area contributed by atoms with Gasteiger partial charge in [-0.1, -0.05) is 20.8 Å².